The lowest BCUT2D eigenvalue weighted by atomic mass is 9.90. The van der Waals surface area contributed by atoms with Crippen molar-refractivity contribution >= 4 is 17.4 Å². The molecule has 0 bridgehead atoms. The fourth-order valence-electron chi connectivity index (χ4n) is 0.610. The SMILES string of the molecule is CC(=O)C(Cl)C(C)(C)C. The summed E-state index contributed by atoms with van der Waals surface area (Å²) < 4.78 is 0. The minimum atomic E-state index is -0.350. The lowest BCUT2D eigenvalue weighted by molar-refractivity contribution is -0.118. The molecule has 0 aliphatic heterocycles. The quantitative estimate of drug-likeness (QED) is 0.522. The third-order valence-corrected chi connectivity index (χ3v) is 2.08. The second-order valence-electron chi connectivity index (χ2n) is 3.34. The van der Waals surface area contributed by atoms with Crippen LogP contribution >= 0.6 is 11.6 Å². The zero-order valence-corrected chi connectivity index (χ0v) is 7.12. The molecule has 1 nitrogen and oxygen atoms in total. The molecule has 1 atom stereocenters. The van der Waals surface area contributed by atoms with Crippen molar-refractivity contribution in [3.63, 3.8) is 0 Å². The first-order valence-electron chi connectivity index (χ1n) is 3.00. The maximum absolute atomic E-state index is 10.7. The fraction of sp³-hybridized carbons (Fsp3) is 0.857. The third-order valence-electron chi connectivity index (χ3n) is 1.12. The first-order valence-corrected chi connectivity index (χ1v) is 3.44. The Kier molecular flexibility index (Phi) is 2.68. The average Bonchev–Trinajstić information content (AvgIpc) is 1.62. The Morgan fingerprint density at radius 3 is 1.78 bits per heavy atom. The van der Waals surface area contributed by atoms with Crippen molar-refractivity contribution in [3.8, 4) is 0 Å². The van der Waals surface area contributed by atoms with E-state index >= 15 is 0 Å². The van der Waals surface area contributed by atoms with Gasteiger partial charge in [-0.25, -0.2) is 0 Å². The number of hydrogen-bond donors (Lipinski definition) is 0. The third kappa shape index (κ3) is 2.85. The monoisotopic (exact) mass is 148 g/mol. The second-order valence-corrected chi connectivity index (χ2v) is 3.78. The largest absolute Gasteiger partial charge is 0.298 e. The molecule has 0 radical (unpaired) electrons. The summed E-state index contributed by atoms with van der Waals surface area (Å²) in [6.07, 6.45) is 0. The van der Waals surface area contributed by atoms with Crippen molar-refractivity contribution in [1.29, 1.82) is 0 Å². The van der Waals surface area contributed by atoms with Gasteiger partial charge in [0.15, 0.2) is 0 Å². The molecule has 0 aromatic heterocycles. The van der Waals surface area contributed by atoms with E-state index in [0.717, 1.165) is 0 Å². The van der Waals surface area contributed by atoms with E-state index < -0.39 is 0 Å². The van der Waals surface area contributed by atoms with Gasteiger partial charge in [-0.3, -0.25) is 4.79 Å². The highest BCUT2D eigenvalue weighted by Crippen LogP contribution is 2.24. The molecule has 2 heteroatoms. The van der Waals surface area contributed by atoms with E-state index in [2.05, 4.69) is 0 Å². The summed E-state index contributed by atoms with van der Waals surface area (Å²) in [6.45, 7) is 7.37. The Morgan fingerprint density at radius 2 is 1.78 bits per heavy atom. The molecular weight excluding hydrogens is 136 g/mol. The molecular formula is C7H13ClO. The van der Waals surface area contributed by atoms with Crippen molar-refractivity contribution in [2.75, 3.05) is 0 Å². The van der Waals surface area contributed by atoms with Crippen LogP contribution in [0.3, 0.4) is 0 Å². The van der Waals surface area contributed by atoms with Crippen molar-refractivity contribution in [3.05, 3.63) is 0 Å². The van der Waals surface area contributed by atoms with Gasteiger partial charge in [-0.2, -0.15) is 0 Å². The van der Waals surface area contributed by atoms with E-state index in [9.17, 15) is 4.79 Å². The summed E-state index contributed by atoms with van der Waals surface area (Å²) in [5, 5.41) is -0.350. The van der Waals surface area contributed by atoms with Gasteiger partial charge < -0.3 is 0 Å². The minimum absolute atomic E-state index is 0.0455. The lowest BCUT2D eigenvalue weighted by Crippen LogP contribution is -2.27. The summed E-state index contributed by atoms with van der Waals surface area (Å²) in [5.74, 6) is 0.0455. The molecule has 0 saturated heterocycles. The van der Waals surface area contributed by atoms with Crippen LogP contribution in [0.25, 0.3) is 0 Å². The van der Waals surface area contributed by atoms with Gasteiger partial charge >= 0.3 is 0 Å². The molecule has 9 heavy (non-hydrogen) atoms. The molecule has 0 aliphatic carbocycles. The molecule has 0 aromatic rings. The number of carbonyl (C=O) groups excluding carboxylic acids is 1. The standard InChI is InChI=1S/C7H13ClO/c1-5(9)6(8)7(2,3)4/h6H,1-4H3. The van der Waals surface area contributed by atoms with Gasteiger partial charge in [0.2, 0.25) is 0 Å². The van der Waals surface area contributed by atoms with Crippen LogP contribution in [0, 0.1) is 5.41 Å². The summed E-state index contributed by atoms with van der Waals surface area (Å²) in [4.78, 5) is 10.7. The van der Waals surface area contributed by atoms with Gasteiger partial charge in [0.25, 0.3) is 0 Å². The van der Waals surface area contributed by atoms with E-state index in [-0.39, 0.29) is 16.6 Å². The van der Waals surface area contributed by atoms with E-state index in [1.807, 2.05) is 20.8 Å². The number of Topliss-reactive ketones (excluding diaryl/α,β-unsaturated/α-hetero) is 1. The number of alkyl halides is 1. The first kappa shape index (κ1) is 8.96. The number of halogens is 1. The maximum Gasteiger partial charge on any atom is 0.148 e. The van der Waals surface area contributed by atoms with Crippen LogP contribution in [0.1, 0.15) is 27.7 Å². The summed E-state index contributed by atoms with van der Waals surface area (Å²) in [5.41, 5.74) is -0.104. The molecule has 0 amide bonds. The van der Waals surface area contributed by atoms with Gasteiger partial charge in [0.1, 0.15) is 5.78 Å². The Hall–Kier alpha value is -0.0400. The average molecular weight is 149 g/mol. The first-order chi connectivity index (χ1) is 3.85. The molecule has 54 valence electrons. The molecule has 0 spiro atoms. The van der Waals surface area contributed by atoms with Crippen molar-refractivity contribution in [2.24, 2.45) is 5.41 Å². The van der Waals surface area contributed by atoms with Crippen LogP contribution in [0.15, 0.2) is 0 Å². The maximum atomic E-state index is 10.7. The molecule has 0 heterocycles. The van der Waals surface area contributed by atoms with Crippen LogP contribution in [0.5, 0.6) is 0 Å². The Bertz CT molecular complexity index is 113. The topological polar surface area (TPSA) is 17.1 Å². The predicted octanol–water partition coefficient (Wildman–Crippen LogP) is 2.23. The highest BCUT2D eigenvalue weighted by molar-refractivity contribution is 6.31. The van der Waals surface area contributed by atoms with Crippen LogP contribution in [0.2, 0.25) is 0 Å². The van der Waals surface area contributed by atoms with E-state index in [1.165, 1.54) is 6.92 Å². The van der Waals surface area contributed by atoms with Crippen LogP contribution in [-0.2, 0) is 4.79 Å². The number of carbonyl (C=O) groups is 1. The molecule has 0 N–H and O–H groups in total. The number of ketones is 1. The Balaban J connectivity index is 4.04. The fourth-order valence-corrected chi connectivity index (χ4v) is 0.610. The van der Waals surface area contributed by atoms with Gasteiger partial charge in [-0.05, 0) is 12.3 Å². The number of rotatable bonds is 1. The minimum Gasteiger partial charge on any atom is -0.298 e. The highest BCUT2D eigenvalue weighted by Gasteiger charge is 2.25. The van der Waals surface area contributed by atoms with E-state index in [0.29, 0.717) is 0 Å². The zero-order chi connectivity index (χ0) is 7.65. The zero-order valence-electron chi connectivity index (χ0n) is 6.36. The molecule has 0 aliphatic rings. The molecule has 0 fully saturated rings. The molecule has 0 rings (SSSR count). The van der Waals surface area contributed by atoms with Gasteiger partial charge in [-0.15, -0.1) is 11.6 Å². The van der Waals surface area contributed by atoms with E-state index in [1.54, 1.807) is 0 Å². The van der Waals surface area contributed by atoms with Crippen molar-refractivity contribution in [2.45, 2.75) is 33.1 Å². The van der Waals surface area contributed by atoms with Crippen LogP contribution in [-0.4, -0.2) is 11.2 Å². The van der Waals surface area contributed by atoms with Crippen LogP contribution in [0.4, 0.5) is 0 Å². The predicted molar refractivity (Wildman–Crippen MR) is 39.8 cm³/mol. The lowest BCUT2D eigenvalue weighted by Gasteiger charge is -2.22. The number of hydrogen-bond acceptors (Lipinski definition) is 1. The van der Waals surface area contributed by atoms with Crippen molar-refractivity contribution in [1.82, 2.24) is 0 Å². The van der Waals surface area contributed by atoms with Gasteiger partial charge in [-0.1, -0.05) is 20.8 Å². The van der Waals surface area contributed by atoms with E-state index in [4.69, 9.17) is 11.6 Å². The van der Waals surface area contributed by atoms with Gasteiger partial charge in [0.05, 0.1) is 5.38 Å². The Morgan fingerprint density at radius 1 is 1.44 bits per heavy atom. The summed E-state index contributed by atoms with van der Waals surface area (Å²) >= 11 is 5.74. The van der Waals surface area contributed by atoms with Crippen LogP contribution < -0.4 is 0 Å². The van der Waals surface area contributed by atoms with Gasteiger partial charge in [0, 0.05) is 0 Å². The second kappa shape index (κ2) is 2.70. The smallest absolute Gasteiger partial charge is 0.148 e. The molecule has 0 aromatic carbocycles. The van der Waals surface area contributed by atoms with Crippen molar-refractivity contribution < 1.29 is 4.79 Å². The molecule has 0 saturated carbocycles. The Labute approximate surface area is 61.4 Å². The summed E-state index contributed by atoms with van der Waals surface area (Å²) in [6, 6.07) is 0. The normalized spacial score (nSPS) is 15.2. The molecule has 1 unspecified atom stereocenters. The highest BCUT2D eigenvalue weighted by atomic mass is 35.5. The summed E-state index contributed by atoms with van der Waals surface area (Å²) in [7, 11) is 0.